The van der Waals surface area contributed by atoms with Crippen LogP contribution in [0.2, 0.25) is 0 Å². The van der Waals surface area contributed by atoms with Crippen molar-refractivity contribution in [2.45, 2.75) is 52.9 Å². The summed E-state index contributed by atoms with van der Waals surface area (Å²) in [6.45, 7) is 6.94. The molecule has 1 unspecified atom stereocenters. The number of aliphatic hydroxyl groups excluding tert-OH is 1. The van der Waals surface area contributed by atoms with E-state index in [1.807, 2.05) is 0 Å². The predicted octanol–water partition coefficient (Wildman–Crippen LogP) is 2.81. The summed E-state index contributed by atoms with van der Waals surface area (Å²) in [7, 11) is 0. The molecule has 0 aromatic carbocycles. The van der Waals surface area contributed by atoms with Crippen molar-refractivity contribution in [1.29, 1.82) is 0 Å². The van der Waals surface area contributed by atoms with Gasteiger partial charge in [0.25, 0.3) is 0 Å². The van der Waals surface area contributed by atoms with Gasteiger partial charge in [0.1, 0.15) is 13.2 Å². The van der Waals surface area contributed by atoms with Crippen molar-refractivity contribution in [3.63, 3.8) is 0 Å². The lowest BCUT2D eigenvalue weighted by Gasteiger charge is -2.15. The minimum absolute atomic E-state index is 0.0546. The van der Waals surface area contributed by atoms with Crippen molar-refractivity contribution in [2.75, 3.05) is 19.8 Å². The van der Waals surface area contributed by atoms with Crippen molar-refractivity contribution in [2.24, 2.45) is 11.8 Å². The zero-order chi connectivity index (χ0) is 13.1. The molecule has 0 saturated heterocycles. The molecule has 102 valence electrons. The Morgan fingerprint density at radius 3 is 2.41 bits per heavy atom. The molecule has 0 spiro atoms. The fraction of sp³-hybridized carbons (Fsp3) is 0.929. The van der Waals surface area contributed by atoms with E-state index in [2.05, 4.69) is 20.8 Å². The van der Waals surface area contributed by atoms with Gasteiger partial charge in [-0.15, -0.1) is 0 Å². The first kappa shape index (κ1) is 16.6. The predicted molar refractivity (Wildman–Crippen MR) is 70.0 cm³/mol. The number of carbonyl (C=O) groups is 1. The molecule has 1 atom stereocenters. The number of carbonyl (C=O) groups excluding carboxylic acids is 1. The number of Topliss-reactive ketones (excluding diaryl/α,β-unsaturated/α-hetero) is 1. The van der Waals surface area contributed by atoms with Gasteiger partial charge >= 0.3 is 0 Å². The molecular weight excluding hydrogens is 216 g/mol. The summed E-state index contributed by atoms with van der Waals surface area (Å²) in [4.78, 5) is 10.8. The van der Waals surface area contributed by atoms with Crippen molar-refractivity contribution >= 4 is 5.78 Å². The summed E-state index contributed by atoms with van der Waals surface area (Å²) in [5.41, 5.74) is 0. The van der Waals surface area contributed by atoms with E-state index in [-0.39, 0.29) is 12.4 Å². The topological polar surface area (TPSA) is 46.5 Å². The van der Waals surface area contributed by atoms with Crippen molar-refractivity contribution in [1.82, 2.24) is 0 Å². The normalized spacial score (nSPS) is 13.0. The minimum atomic E-state index is -0.412. The lowest BCUT2D eigenvalue weighted by molar-refractivity contribution is -0.126. The van der Waals surface area contributed by atoms with Gasteiger partial charge in [-0.05, 0) is 18.3 Å². The Hall–Kier alpha value is -0.410. The number of rotatable bonds is 11. The molecule has 1 N–H and O–H groups in total. The molecule has 0 rings (SSSR count). The van der Waals surface area contributed by atoms with Crippen LogP contribution in [0.1, 0.15) is 52.9 Å². The van der Waals surface area contributed by atoms with Crippen LogP contribution < -0.4 is 0 Å². The number of unbranched alkanes of at least 4 members (excludes halogenated alkanes) is 1. The summed E-state index contributed by atoms with van der Waals surface area (Å²) >= 11 is 0. The molecule has 17 heavy (non-hydrogen) atoms. The number of hydrogen-bond donors (Lipinski definition) is 1. The van der Waals surface area contributed by atoms with Gasteiger partial charge in [-0.1, -0.05) is 46.5 Å². The van der Waals surface area contributed by atoms with Gasteiger partial charge in [-0.25, -0.2) is 0 Å². The third-order valence-corrected chi connectivity index (χ3v) is 3.01. The second-order valence-corrected chi connectivity index (χ2v) is 5.16. The average molecular weight is 244 g/mol. The lowest BCUT2D eigenvalue weighted by Crippen LogP contribution is -2.17. The second kappa shape index (κ2) is 10.7. The zero-order valence-electron chi connectivity index (χ0n) is 11.6. The molecule has 0 aliphatic heterocycles. The fourth-order valence-corrected chi connectivity index (χ4v) is 1.78. The Balaban J connectivity index is 3.52. The molecule has 0 aliphatic carbocycles. The SMILES string of the molecule is CCC(CCCCC(C)C)COCC(=O)CO. The smallest absolute Gasteiger partial charge is 0.183 e. The first-order valence-corrected chi connectivity index (χ1v) is 6.80. The summed E-state index contributed by atoms with van der Waals surface area (Å²) in [5, 5.41) is 8.55. The Morgan fingerprint density at radius 1 is 1.24 bits per heavy atom. The highest BCUT2D eigenvalue weighted by Gasteiger charge is 2.08. The van der Waals surface area contributed by atoms with Crippen LogP contribution in [-0.2, 0) is 9.53 Å². The number of ether oxygens (including phenoxy) is 1. The van der Waals surface area contributed by atoms with Crippen LogP contribution in [0.25, 0.3) is 0 Å². The summed E-state index contributed by atoms with van der Waals surface area (Å²) < 4.78 is 5.31. The van der Waals surface area contributed by atoms with E-state index >= 15 is 0 Å². The quantitative estimate of drug-likeness (QED) is 0.568. The van der Waals surface area contributed by atoms with Crippen LogP contribution in [0.3, 0.4) is 0 Å². The van der Waals surface area contributed by atoms with E-state index in [9.17, 15) is 4.79 Å². The Labute approximate surface area is 106 Å². The minimum Gasteiger partial charge on any atom is -0.388 e. The molecular formula is C14H28O3. The highest BCUT2D eigenvalue weighted by molar-refractivity contribution is 5.80. The van der Waals surface area contributed by atoms with E-state index in [0.717, 1.165) is 12.3 Å². The molecule has 0 saturated carbocycles. The standard InChI is InChI=1S/C14H28O3/c1-4-13(8-6-5-7-12(2)3)10-17-11-14(16)9-15/h12-13,15H,4-11H2,1-3H3. The highest BCUT2D eigenvalue weighted by atomic mass is 16.5. The molecule has 0 aromatic rings. The van der Waals surface area contributed by atoms with Gasteiger partial charge in [0.2, 0.25) is 0 Å². The molecule has 3 heteroatoms. The van der Waals surface area contributed by atoms with Crippen LogP contribution in [0.15, 0.2) is 0 Å². The Kier molecular flexibility index (Phi) is 10.5. The maximum absolute atomic E-state index is 10.8. The van der Waals surface area contributed by atoms with E-state index in [0.29, 0.717) is 12.5 Å². The third kappa shape index (κ3) is 10.5. The van der Waals surface area contributed by atoms with Gasteiger partial charge in [0.05, 0.1) is 0 Å². The summed E-state index contributed by atoms with van der Waals surface area (Å²) in [6.07, 6.45) is 6.09. The highest BCUT2D eigenvalue weighted by Crippen LogP contribution is 2.16. The fourth-order valence-electron chi connectivity index (χ4n) is 1.78. The second-order valence-electron chi connectivity index (χ2n) is 5.16. The van der Waals surface area contributed by atoms with Gasteiger partial charge < -0.3 is 9.84 Å². The molecule has 0 radical (unpaired) electrons. The van der Waals surface area contributed by atoms with Crippen LogP contribution in [-0.4, -0.2) is 30.7 Å². The number of hydrogen-bond acceptors (Lipinski definition) is 3. The molecule has 0 bridgehead atoms. The Bertz CT molecular complexity index is 190. The lowest BCUT2D eigenvalue weighted by atomic mass is 9.97. The Morgan fingerprint density at radius 2 is 1.88 bits per heavy atom. The van der Waals surface area contributed by atoms with E-state index in [1.54, 1.807) is 0 Å². The third-order valence-electron chi connectivity index (χ3n) is 3.01. The first-order chi connectivity index (χ1) is 8.10. The van der Waals surface area contributed by atoms with E-state index < -0.39 is 6.61 Å². The molecule has 0 heterocycles. The largest absolute Gasteiger partial charge is 0.388 e. The first-order valence-electron chi connectivity index (χ1n) is 6.80. The van der Waals surface area contributed by atoms with Gasteiger partial charge in [-0.2, -0.15) is 0 Å². The van der Waals surface area contributed by atoms with Gasteiger partial charge in [0, 0.05) is 6.61 Å². The van der Waals surface area contributed by atoms with Gasteiger partial charge in [0.15, 0.2) is 5.78 Å². The molecule has 0 amide bonds. The number of ketones is 1. The van der Waals surface area contributed by atoms with E-state index in [1.165, 1.54) is 25.7 Å². The van der Waals surface area contributed by atoms with Crippen LogP contribution in [0.4, 0.5) is 0 Å². The van der Waals surface area contributed by atoms with Crippen molar-refractivity contribution < 1.29 is 14.6 Å². The maximum Gasteiger partial charge on any atom is 0.183 e. The van der Waals surface area contributed by atoms with Crippen LogP contribution >= 0.6 is 0 Å². The average Bonchev–Trinajstić information content (AvgIpc) is 2.31. The number of aliphatic hydroxyl groups is 1. The molecule has 3 nitrogen and oxygen atoms in total. The monoisotopic (exact) mass is 244 g/mol. The maximum atomic E-state index is 10.8. The summed E-state index contributed by atoms with van der Waals surface area (Å²) in [5.74, 6) is 1.10. The zero-order valence-corrected chi connectivity index (χ0v) is 11.6. The van der Waals surface area contributed by atoms with Crippen LogP contribution in [0.5, 0.6) is 0 Å². The van der Waals surface area contributed by atoms with Crippen molar-refractivity contribution in [3.8, 4) is 0 Å². The van der Waals surface area contributed by atoms with Crippen LogP contribution in [0, 0.1) is 11.8 Å². The van der Waals surface area contributed by atoms with Gasteiger partial charge in [-0.3, -0.25) is 4.79 Å². The van der Waals surface area contributed by atoms with Crippen molar-refractivity contribution in [3.05, 3.63) is 0 Å². The molecule has 0 aromatic heterocycles. The molecule has 0 aliphatic rings. The molecule has 0 fully saturated rings. The summed E-state index contributed by atoms with van der Waals surface area (Å²) in [6, 6.07) is 0. The van der Waals surface area contributed by atoms with E-state index in [4.69, 9.17) is 9.84 Å².